The number of amides is 1. The van der Waals surface area contributed by atoms with Crippen LogP contribution in [0.3, 0.4) is 0 Å². The molecule has 1 amide bonds. The molecule has 3 N–H and O–H groups in total. The third-order valence-electron chi connectivity index (χ3n) is 2.50. The predicted molar refractivity (Wildman–Crippen MR) is 80.0 cm³/mol. The van der Waals surface area contributed by atoms with Gasteiger partial charge in [0.1, 0.15) is 11.9 Å². The molecule has 0 aromatic heterocycles. The van der Waals surface area contributed by atoms with E-state index < -0.39 is 0 Å². The van der Waals surface area contributed by atoms with Crippen LogP contribution in [0.15, 0.2) is 24.3 Å². The lowest BCUT2D eigenvalue weighted by molar-refractivity contribution is -0.124. The molecule has 0 aliphatic carbocycles. The first-order chi connectivity index (χ1) is 8.52. The molecule has 0 saturated carbocycles. The van der Waals surface area contributed by atoms with E-state index in [1.165, 1.54) is 0 Å². The van der Waals surface area contributed by atoms with Crippen molar-refractivity contribution in [3.8, 4) is 5.75 Å². The van der Waals surface area contributed by atoms with Crippen LogP contribution in [0.5, 0.6) is 5.75 Å². The summed E-state index contributed by atoms with van der Waals surface area (Å²) in [4.78, 5) is 11.5. The Labute approximate surface area is 125 Å². The van der Waals surface area contributed by atoms with Gasteiger partial charge in [-0.15, -0.1) is 12.4 Å². The van der Waals surface area contributed by atoms with E-state index in [9.17, 15) is 4.79 Å². The number of carbonyl (C=O) groups is 1. The summed E-state index contributed by atoms with van der Waals surface area (Å²) in [5.74, 6) is 0.457. The monoisotopic (exact) mass is 306 g/mol. The molecule has 1 aromatic rings. The zero-order chi connectivity index (χ0) is 13.5. The first-order valence-corrected chi connectivity index (χ1v) is 6.30. The van der Waals surface area contributed by atoms with Crippen molar-refractivity contribution in [2.75, 3.05) is 13.1 Å². The van der Waals surface area contributed by atoms with Crippen LogP contribution in [-0.4, -0.2) is 25.1 Å². The van der Waals surface area contributed by atoms with Gasteiger partial charge in [-0.25, -0.2) is 0 Å². The molecule has 0 saturated heterocycles. The number of hydrogen-bond donors (Lipinski definition) is 2. The molecule has 0 fully saturated rings. The molecule has 0 bridgehead atoms. The Kier molecular flexibility index (Phi) is 8.56. The summed E-state index contributed by atoms with van der Waals surface area (Å²) in [6.07, 6.45) is -0.127. The van der Waals surface area contributed by atoms with Gasteiger partial charge in [-0.3, -0.25) is 4.79 Å². The normalized spacial score (nSPS) is 13.1. The fourth-order valence-electron chi connectivity index (χ4n) is 1.34. The van der Waals surface area contributed by atoms with E-state index in [4.69, 9.17) is 22.1 Å². The van der Waals surface area contributed by atoms with E-state index in [2.05, 4.69) is 5.32 Å². The maximum atomic E-state index is 11.5. The summed E-state index contributed by atoms with van der Waals surface area (Å²) in [5.41, 5.74) is 5.41. The second-order valence-corrected chi connectivity index (χ2v) is 4.70. The first-order valence-electron chi connectivity index (χ1n) is 5.93. The first kappa shape index (κ1) is 18.0. The zero-order valence-corrected chi connectivity index (χ0v) is 12.6. The van der Waals surface area contributed by atoms with Crippen molar-refractivity contribution in [3.63, 3.8) is 0 Å². The number of ether oxygens (including phenoxy) is 1. The van der Waals surface area contributed by atoms with Crippen molar-refractivity contribution in [1.29, 1.82) is 0 Å². The molecular weight excluding hydrogens is 287 g/mol. The van der Waals surface area contributed by atoms with E-state index >= 15 is 0 Å². The molecule has 4 nitrogen and oxygen atoms in total. The number of halogens is 2. The molecule has 1 aromatic carbocycles. The Morgan fingerprint density at radius 2 is 2.16 bits per heavy atom. The van der Waals surface area contributed by atoms with Gasteiger partial charge in [-0.05, 0) is 25.1 Å². The van der Waals surface area contributed by atoms with Crippen LogP contribution in [0.4, 0.5) is 0 Å². The Bertz CT molecular complexity index is 402. The maximum absolute atomic E-state index is 11.5. The van der Waals surface area contributed by atoms with Crippen LogP contribution in [0.2, 0.25) is 5.02 Å². The minimum Gasteiger partial charge on any atom is -0.489 e. The lowest BCUT2D eigenvalue weighted by atomic mass is 10.1. The fourth-order valence-corrected chi connectivity index (χ4v) is 1.52. The second-order valence-electron chi connectivity index (χ2n) is 4.27. The zero-order valence-electron chi connectivity index (χ0n) is 11.1. The Balaban J connectivity index is 0.00000324. The summed E-state index contributed by atoms with van der Waals surface area (Å²) < 4.78 is 5.63. The highest BCUT2D eigenvalue weighted by Gasteiger charge is 2.12. The Morgan fingerprint density at radius 1 is 1.47 bits per heavy atom. The minimum atomic E-state index is -0.177. The number of carbonyl (C=O) groups excluding carboxylic acids is 1. The number of benzene rings is 1. The Hall–Kier alpha value is -0.970. The second kappa shape index (κ2) is 9.02. The van der Waals surface area contributed by atoms with Crippen LogP contribution >= 0.6 is 24.0 Å². The smallest absolute Gasteiger partial charge is 0.224 e. The molecule has 0 heterocycles. The van der Waals surface area contributed by atoms with Gasteiger partial charge in [0.25, 0.3) is 0 Å². The summed E-state index contributed by atoms with van der Waals surface area (Å²) >= 11 is 5.85. The van der Waals surface area contributed by atoms with E-state index in [1.54, 1.807) is 19.1 Å². The predicted octanol–water partition coefficient (Wildman–Crippen LogP) is 2.24. The van der Waals surface area contributed by atoms with Crippen LogP contribution in [0.25, 0.3) is 0 Å². The van der Waals surface area contributed by atoms with Gasteiger partial charge >= 0.3 is 0 Å². The summed E-state index contributed by atoms with van der Waals surface area (Å²) in [7, 11) is 0. The molecule has 0 radical (unpaired) electrons. The molecule has 1 rings (SSSR count). The molecule has 19 heavy (non-hydrogen) atoms. The largest absolute Gasteiger partial charge is 0.489 e. The van der Waals surface area contributed by atoms with Gasteiger partial charge in [-0.1, -0.05) is 24.6 Å². The number of nitrogens with two attached hydrogens (primary N) is 1. The van der Waals surface area contributed by atoms with Crippen molar-refractivity contribution >= 4 is 29.9 Å². The lowest BCUT2D eigenvalue weighted by Gasteiger charge is -2.17. The summed E-state index contributed by atoms with van der Waals surface area (Å²) in [6.45, 7) is 4.46. The molecule has 0 spiro atoms. The van der Waals surface area contributed by atoms with Gasteiger partial charge in [-0.2, -0.15) is 0 Å². The Morgan fingerprint density at radius 3 is 2.74 bits per heavy atom. The average molecular weight is 307 g/mol. The SMILES string of the molecule is CC(CNC(=O)C(C)CN)Oc1cccc(Cl)c1.Cl. The van der Waals surface area contributed by atoms with Gasteiger partial charge < -0.3 is 15.8 Å². The molecular formula is C13H20Cl2N2O2. The highest BCUT2D eigenvalue weighted by molar-refractivity contribution is 6.30. The van der Waals surface area contributed by atoms with Gasteiger partial charge in [0.15, 0.2) is 0 Å². The molecule has 2 atom stereocenters. The van der Waals surface area contributed by atoms with Crippen LogP contribution in [0.1, 0.15) is 13.8 Å². The van der Waals surface area contributed by atoms with Crippen LogP contribution in [0, 0.1) is 5.92 Å². The van der Waals surface area contributed by atoms with Crippen molar-refractivity contribution < 1.29 is 9.53 Å². The minimum absolute atomic E-state index is 0. The highest BCUT2D eigenvalue weighted by atomic mass is 35.5. The number of hydrogen-bond acceptors (Lipinski definition) is 3. The number of nitrogens with one attached hydrogen (secondary N) is 1. The van der Waals surface area contributed by atoms with Gasteiger partial charge in [0.2, 0.25) is 5.91 Å². The molecule has 0 aliphatic heterocycles. The lowest BCUT2D eigenvalue weighted by Crippen LogP contribution is -2.38. The topological polar surface area (TPSA) is 64.4 Å². The van der Waals surface area contributed by atoms with Crippen molar-refractivity contribution in [2.45, 2.75) is 20.0 Å². The maximum Gasteiger partial charge on any atom is 0.224 e. The van der Waals surface area contributed by atoms with Gasteiger partial charge in [0.05, 0.1) is 6.54 Å². The van der Waals surface area contributed by atoms with E-state index in [0.717, 1.165) is 0 Å². The van der Waals surface area contributed by atoms with Crippen LogP contribution in [-0.2, 0) is 4.79 Å². The molecule has 0 aliphatic rings. The molecule has 108 valence electrons. The highest BCUT2D eigenvalue weighted by Crippen LogP contribution is 2.18. The van der Waals surface area contributed by atoms with E-state index in [-0.39, 0.29) is 30.3 Å². The quantitative estimate of drug-likeness (QED) is 0.847. The van der Waals surface area contributed by atoms with Crippen molar-refractivity contribution in [1.82, 2.24) is 5.32 Å². The van der Waals surface area contributed by atoms with Crippen molar-refractivity contribution in [2.24, 2.45) is 11.7 Å². The number of rotatable bonds is 6. The van der Waals surface area contributed by atoms with E-state index in [0.29, 0.717) is 23.9 Å². The third-order valence-corrected chi connectivity index (χ3v) is 2.73. The molecule has 6 heteroatoms. The third kappa shape index (κ3) is 6.66. The van der Waals surface area contributed by atoms with Crippen LogP contribution < -0.4 is 15.8 Å². The van der Waals surface area contributed by atoms with E-state index in [1.807, 2.05) is 19.1 Å². The average Bonchev–Trinajstić information content (AvgIpc) is 2.35. The molecule has 2 unspecified atom stereocenters. The van der Waals surface area contributed by atoms with Gasteiger partial charge in [0, 0.05) is 17.5 Å². The standard InChI is InChI=1S/C13H19ClN2O2.ClH/c1-9(7-15)13(17)16-8-10(2)18-12-5-3-4-11(14)6-12;/h3-6,9-10H,7-8,15H2,1-2H3,(H,16,17);1H. The summed E-state index contributed by atoms with van der Waals surface area (Å²) in [6, 6.07) is 7.17. The fraction of sp³-hybridized carbons (Fsp3) is 0.462. The summed E-state index contributed by atoms with van der Waals surface area (Å²) in [5, 5.41) is 3.42. The van der Waals surface area contributed by atoms with Crippen molar-refractivity contribution in [3.05, 3.63) is 29.3 Å².